The fourth-order valence-electron chi connectivity index (χ4n) is 17.4. The predicted octanol–water partition coefficient (Wildman–Crippen LogP) is 22.7. The Balaban J connectivity index is 1.14. The van der Waals surface area contributed by atoms with Crippen LogP contribution < -0.4 is 16.4 Å². The third kappa shape index (κ3) is 7.87. The molecule has 21 rings (SSSR count). The molecular formula is C94H63BN4. The van der Waals surface area contributed by atoms with E-state index >= 15 is 0 Å². The molecule has 0 unspecified atom stereocenters. The molecule has 0 bridgehead atoms. The molecule has 2 aliphatic heterocycles. The minimum absolute atomic E-state index is 0.0379. The average Bonchev–Trinajstić information content (AvgIpc) is 1.62. The van der Waals surface area contributed by atoms with Gasteiger partial charge in [0.15, 0.2) is 0 Å². The predicted molar refractivity (Wildman–Crippen MR) is 423 cm³/mol. The second kappa shape index (κ2) is 21.0. The molecule has 0 N–H and O–H groups in total. The highest BCUT2D eigenvalue weighted by Crippen LogP contribution is 2.48. The molecule has 4 nitrogen and oxygen atoms in total. The monoisotopic (exact) mass is 1260 g/mol. The smallest absolute Gasteiger partial charge is 0.252 e. The molecule has 462 valence electrons. The van der Waals surface area contributed by atoms with Crippen LogP contribution in [0.25, 0.3) is 175 Å². The SMILES string of the molecule is [2H]c1c([2H])c2c3c(c1-n1c4ccccc4c4ccccc41)c1ccccc1c1ccccc1c1cccc(-c4ccccc4)c1n3-c1cc(C(C)(C)C)cc3c1B2c1c([2H])c([2H])c(-n2c4ccccc4c4ccccc42)c2c4ccccc4c4ccccc4c4cccc(-c5ccccc5)c4n-3c12. The summed E-state index contributed by atoms with van der Waals surface area (Å²) < 4.78 is 56.0. The van der Waals surface area contributed by atoms with E-state index in [2.05, 4.69) is 342 Å². The van der Waals surface area contributed by atoms with E-state index in [1.807, 2.05) is 0 Å². The highest BCUT2D eigenvalue weighted by molar-refractivity contribution is 7.00. The summed E-state index contributed by atoms with van der Waals surface area (Å²) in [4.78, 5) is 0. The molecule has 15 aromatic carbocycles. The van der Waals surface area contributed by atoms with Crippen LogP contribution in [-0.4, -0.2) is 25.0 Å². The highest BCUT2D eigenvalue weighted by atomic mass is 15.1. The van der Waals surface area contributed by atoms with Crippen molar-refractivity contribution in [3.05, 3.63) is 333 Å². The van der Waals surface area contributed by atoms with Crippen LogP contribution in [-0.2, 0) is 5.41 Å². The lowest BCUT2D eigenvalue weighted by atomic mass is 9.34. The van der Waals surface area contributed by atoms with E-state index in [1.165, 1.54) is 0 Å². The van der Waals surface area contributed by atoms with Crippen molar-refractivity contribution in [1.82, 2.24) is 18.3 Å². The van der Waals surface area contributed by atoms with Gasteiger partial charge in [0.25, 0.3) is 6.71 Å². The van der Waals surface area contributed by atoms with E-state index in [-0.39, 0.29) is 24.2 Å². The van der Waals surface area contributed by atoms with Gasteiger partial charge < -0.3 is 18.3 Å². The third-order valence-corrected chi connectivity index (χ3v) is 21.6. The van der Waals surface area contributed by atoms with Crippen LogP contribution in [0.5, 0.6) is 0 Å². The fourth-order valence-corrected chi connectivity index (χ4v) is 17.4. The Morgan fingerprint density at radius 1 is 0.263 bits per heavy atom. The zero-order valence-corrected chi connectivity index (χ0v) is 54.7. The van der Waals surface area contributed by atoms with Crippen LogP contribution in [0.3, 0.4) is 0 Å². The Morgan fingerprint density at radius 3 is 0.909 bits per heavy atom. The van der Waals surface area contributed by atoms with Crippen molar-refractivity contribution in [1.29, 1.82) is 0 Å². The largest absolute Gasteiger partial charge is 0.309 e. The summed E-state index contributed by atoms with van der Waals surface area (Å²) in [6.07, 6.45) is 0. The molecule has 19 aromatic rings. The standard InChI is InChI=1S/C94H63BN4/c1-94(2,3)60-56-85-89-86(57-60)99-91-62(59-30-8-5-9-31-59)45-27-47-76(91)68-37-13-11-33-64(68)66-35-15-17-43-74(66)88-84(97-81-50-24-20-40-71(81)72-41-21-25-51-82(72)97)55-53-78(93(88)99)95(89)77-52-54-83(96-79-48-22-18-38-69(79)70-39-19-23-49-80(70)96)87-73-42-16-14-34-65(73)63-32-10-12-36-67(63)75-46-26-44-61(58-28-6-4-7-29-58)90(75)98(85)92(77)87/h4-57H,1-3H3/i52D,53D,54D,55D. The van der Waals surface area contributed by atoms with Crippen molar-refractivity contribution in [3.63, 3.8) is 0 Å². The topological polar surface area (TPSA) is 19.7 Å². The van der Waals surface area contributed by atoms with Crippen molar-refractivity contribution >= 4 is 153 Å². The van der Waals surface area contributed by atoms with Crippen LogP contribution in [0.1, 0.15) is 31.8 Å². The molecule has 5 heteroatoms. The number of fused-ring (bicyclic) bond motifs is 24. The number of benzene rings is 15. The van der Waals surface area contributed by atoms with Gasteiger partial charge in [-0.2, -0.15) is 0 Å². The first-order valence-corrected chi connectivity index (χ1v) is 34.4. The first-order chi connectivity index (χ1) is 50.5. The Hall–Kier alpha value is -12.4. The van der Waals surface area contributed by atoms with Crippen LogP contribution in [0, 0.1) is 0 Å². The highest BCUT2D eigenvalue weighted by Gasteiger charge is 2.42. The molecule has 0 saturated heterocycles. The molecule has 0 amide bonds. The lowest BCUT2D eigenvalue weighted by Crippen LogP contribution is -2.60. The van der Waals surface area contributed by atoms with Crippen molar-refractivity contribution in [2.75, 3.05) is 0 Å². The van der Waals surface area contributed by atoms with Gasteiger partial charge in [-0.1, -0.05) is 300 Å². The van der Waals surface area contributed by atoms with E-state index in [0.717, 1.165) is 175 Å². The minimum Gasteiger partial charge on any atom is -0.309 e. The summed E-state index contributed by atoms with van der Waals surface area (Å²) in [5.74, 6) is 0. The summed E-state index contributed by atoms with van der Waals surface area (Å²) >= 11 is 0. The molecule has 0 atom stereocenters. The molecule has 4 aromatic heterocycles. The van der Waals surface area contributed by atoms with E-state index in [1.54, 1.807) is 0 Å². The third-order valence-electron chi connectivity index (χ3n) is 21.6. The molecular weight excluding hydrogens is 1200 g/mol. The first-order valence-electron chi connectivity index (χ1n) is 36.4. The van der Waals surface area contributed by atoms with E-state index < -0.39 is 12.1 Å². The molecule has 0 aliphatic carbocycles. The van der Waals surface area contributed by atoms with Gasteiger partial charge in [-0.15, -0.1) is 0 Å². The Labute approximate surface area is 578 Å². The van der Waals surface area contributed by atoms with Crippen LogP contribution >= 0.6 is 0 Å². The second-order valence-corrected chi connectivity index (χ2v) is 27.8. The molecule has 0 spiro atoms. The molecule has 2 aliphatic rings. The minimum atomic E-state index is -0.938. The Kier molecular flexibility index (Phi) is 11.0. The lowest BCUT2D eigenvalue weighted by Gasteiger charge is -2.38. The van der Waals surface area contributed by atoms with Gasteiger partial charge in [0.05, 0.1) is 61.0 Å². The quantitative estimate of drug-likeness (QED) is 0.157. The van der Waals surface area contributed by atoms with E-state index in [9.17, 15) is 5.48 Å². The maximum absolute atomic E-state index is 11.7. The van der Waals surface area contributed by atoms with Gasteiger partial charge in [0.2, 0.25) is 0 Å². The first kappa shape index (κ1) is 51.8. The summed E-state index contributed by atoms with van der Waals surface area (Å²) in [5.41, 5.74) is 16.6. The Morgan fingerprint density at radius 2 is 0.556 bits per heavy atom. The van der Waals surface area contributed by atoms with Crippen LogP contribution in [0.4, 0.5) is 0 Å². The number of aromatic nitrogens is 4. The van der Waals surface area contributed by atoms with E-state index in [4.69, 9.17) is 0 Å². The van der Waals surface area contributed by atoms with Crippen LogP contribution in [0.15, 0.2) is 327 Å². The number of nitrogens with zero attached hydrogens (tertiary/aromatic N) is 4. The summed E-state index contributed by atoms with van der Waals surface area (Å²) in [5, 5.41) is 15.6. The number of rotatable bonds is 4. The van der Waals surface area contributed by atoms with Gasteiger partial charge in [0.1, 0.15) is 0 Å². The molecule has 0 fully saturated rings. The normalized spacial score (nSPS) is 13.1. The molecule has 99 heavy (non-hydrogen) atoms. The number of hydrogen-bond donors (Lipinski definition) is 0. The maximum Gasteiger partial charge on any atom is 0.252 e. The van der Waals surface area contributed by atoms with E-state index in [0.29, 0.717) is 22.3 Å². The molecule has 6 heterocycles. The van der Waals surface area contributed by atoms with Crippen molar-refractivity contribution < 1.29 is 5.48 Å². The summed E-state index contributed by atoms with van der Waals surface area (Å²) in [7, 11) is 0. The van der Waals surface area contributed by atoms with Gasteiger partial charge in [-0.25, -0.2) is 0 Å². The average molecular weight is 1260 g/mol. The van der Waals surface area contributed by atoms with Crippen molar-refractivity contribution in [2.24, 2.45) is 0 Å². The number of para-hydroxylation sites is 6. The van der Waals surface area contributed by atoms with Gasteiger partial charge in [0, 0.05) is 65.6 Å². The molecule has 0 radical (unpaired) electrons. The Bertz CT molecular complexity index is 6630. The maximum atomic E-state index is 11.7. The zero-order chi connectivity index (χ0) is 68.8. The van der Waals surface area contributed by atoms with Crippen molar-refractivity contribution in [2.45, 2.75) is 26.2 Å². The van der Waals surface area contributed by atoms with Gasteiger partial charge in [-0.05, 0) is 130 Å². The lowest BCUT2D eigenvalue weighted by molar-refractivity contribution is 0.589. The van der Waals surface area contributed by atoms with Crippen molar-refractivity contribution in [3.8, 4) is 45.0 Å². The van der Waals surface area contributed by atoms with Crippen LogP contribution in [0.2, 0.25) is 0 Å². The second-order valence-electron chi connectivity index (χ2n) is 27.8. The fraction of sp³-hybridized carbons (Fsp3) is 0.0426. The van der Waals surface area contributed by atoms with Gasteiger partial charge in [-0.3, -0.25) is 0 Å². The van der Waals surface area contributed by atoms with Gasteiger partial charge >= 0.3 is 0 Å². The molecule has 0 saturated carbocycles. The number of hydrogen-bond acceptors (Lipinski definition) is 0. The zero-order valence-electron chi connectivity index (χ0n) is 58.7. The summed E-state index contributed by atoms with van der Waals surface area (Å²) in [6.45, 7) is 6.01. The summed E-state index contributed by atoms with van der Waals surface area (Å²) in [6, 6.07) is 109.